The summed E-state index contributed by atoms with van der Waals surface area (Å²) in [7, 11) is 0. The highest BCUT2D eigenvalue weighted by Crippen LogP contribution is 2.17. The summed E-state index contributed by atoms with van der Waals surface area (Å²) in [6.07, 6.45) is 1.51. The van der Waals surface area contributed by atoms with Crippen molar-refractivity contribution >= 4 is 17.3 Å². The molecule has 5 heteroatoms. The zero-order valence-corrected chi connectivity index (χ0v) is 8.84. The van der Waals surface area contributed by atoms with Crippen molar-refractivity contribution in [2.24, 2.45) is 5.92 Å². The molecular formula is C11H12N2O3. The van der Waals surface area contributed by atoms with Crippen molar-refractivity contribution in [3.05, 3.63) is 47.0 Å². The highest BCUT2D eigenvalue weighted by molar-refractivity contribution is 5.93. The van der Waals surface area contributed by atoms with E-state index in [0.717, 1.165) is 0 Å². The van der Waals surface area contributed by atoms with Gasteiger partial charge in [-0.1, -0.05) is 19.1 Å². The number of rotatable bonds is 4. The summed E-state index contributed by atoms with van der Waals surface area (Å²) in [5.41, 5.74) is 0.358. The first-order valence-corrected chi connectivity index (χ1v) is 4.72. The molecular weight excluding hydrogens is 208 g/mol. The summed E-state index contributed by atoms with van der Waals surface area (Å²) >= 11 is 0. The largest absolute Gasteiger partial charge is 0.325 e. The minimum Gasteiger partial charge on any atom is -0.325 e. The lowest BCUT2D eigenvalue weighted by molar-refractivity contribution is -0.384. The summed E-state index contributed by atoms with van der Waals surface area (Å²) in [5.74, 6) is -0.574. The van der Waals surface area contributed by atoms with Gasteiger partial charge in [-0.3, -0.25) is 14.9 Å². The van der Waals surface area contributed by atoms with E-state index < -0.39 is 4.92 Å². The van der Waals surface area contributed by atoms with Crippen LogP contribution in [0.1, 0.15) is 6.92 Å². The van der Waals surface area contributed by atoms with Crippen molar-refractivity contribution in [2.75, 3.05) is 5.32 Å². The van der Waals surface area contributed by atoms with E-state index in [2.05, 4.69) is 11.9 Å². The van der Waals surface area contributed by atoms with E-state index in [0.29, 0.717) is 5.69 Å². The van der Waals surface area contributed by atoms with Gasteiger partial charge in [0.15, 0.2) is 0 Å². The molecule has 0 fully saturated rings. The Bertz CT molecular complexity index is 429. The van der Waals surface area contributed by atoms with Crippen molar-refractivity contribution in [1.82, 2.24) is 0 Å². The number of benzene rings is 1. The second-order valence-corrected chi connectivity index (χ2v) is 3.32. The molecule has 1 N–H and O–H groups in total. The third-order valence-corrected chi connectivity index (χ3v) is 2.09. The Morgan fingerprint density at radius 1 is 1.62 bits per heavy atom. The number of amides is 1. The van der Waals surface area contributed by atoms with Gasteiger partial charge in [0.05, 0.1) is 10.8 Å². The van der Waals surface area contributed by atoms with Crippen molar-refractivity contribution in [1.29, 1.82) is 0 Å². The highest BCUT2D eigenvalue weighted by Gasteiger charge is 2.11. The Hall–Kier alpha value is -2.17. The fourth-order valence-electron chi connectivity index (χ4n) is 1.06. The predicted molar refractivity (Wildman–Crippen MR) is 61.1 cm³/mol. The molecule has 1 atom stereocenters. The molecule has 0 aliphatic carbocycles. The van der Waals surface area contributed by atoms with E-state index in [1.807, 2.05) is 0 Å². The number of carbonyl (C=O) groups is 1. The van der Waals surface area contributed by atoms with Crippen LogP contribution in [0.2, 0.25) is 0 Å². The van der Waals surface area contributed by atoms with Crippen LogP contribution in [-0.4, -0.2) is 10.8 Å². The van der Waals surface area contributed by atoms with Gasteiger partial charge < -0.3 is 5.32 Å². The Morgan fingerprint density at radius 2 is 2.31 bits per heavy atom. The number of nitro groups is 1. The first-order valence-electron chi connectivity index (χ1n) is 4.72. The van der Waals surface area contributed by atoms with Gasteiger partial charge in [-0.2, -0.15) is 0 Å². The predicted octanol–water partition coefficient (Wildman–Crippen LogP) is 2.36. The molecule has 0 saturated heterocycles. The van der Waals surface area contributed by atoms with E-state index in [1.165, 1.54) is 24.3 Å². The van der Waals surface area contributed by atoms with E-state index in [9.17, 15) is 14.9 Å². The molecule has 0 heterocycles. The van der Waals surface area contributed by atoms with Crippen LogP contribution < -0.4 is 5.32 Å². The van der Waals surface area contributed by atoms with Gasteiger partial charge in [0.1, 0.15) is 0 Å². The lowest BCUT2D eigenvalue weighted by atomic mass is 10.1. The Balaban J connectivity index is 2.82. The Kier molecular flexibility index (Phi) is 3.77. The monoisotopic (exact) mass is 220 g/mol. The molecule has 1 amide bonds. The lowest BCUT2D eigenvalue weighted by Gasteiger charge is -2.07. The van der Waals surface area contributed by atoms with Gasteiger partial charge in [0.25, 0.3) is 5.69 Å². The summed E-state index contributed by atoms with van der Waals surface area (Å²) in [4.78, 5) is 21.5. The first kappa shape index (κ1) is 11.9. The van der Waals surface area contributed by atoms with Gasteiger partial charge in [-0.05, 0) is 6.07 Å². The topological polar surface area (TPSA) is 72.2 Å². The van der Waals surface area contributed by atoms with E-state index in [4.69, 9.17) is 0 Å². The third-order valence-electron chi connectivity index (χ3n) is 2.09. The number of anilines is 1. The second kappa shape index (κ2) is 5.06. The summed E-state index contributed by atoms with van der Waals surface area (Å²) in [6, 6.07) is 5.80. The molecule has 0 spiro atoms. The average molecular weight is 220 g/mol. The molecule has 84 valence electrons. The summed E-state index contributed by atoms with van der Waals surface area (Å²) in [6.45, 7) is 5.19. The molecule has 0 unspecified atom stereocenters. The molecule has 1 rings (SSSR count). The van der Waals surface area contributed by atoms with Gasteiger partial charge in [-0.25, -0.2) is 0 Å². The van der Waals surface area contributed by atoms with Crippen LogP contribution in [0.25, 0.3) is 0 Å². The van der Waals surface area contributed by atoms with Crippen LogP contribution in [0.15, 0.2) is 36.9 Å². The molecule has 5 nitrogen and oxygen atoms in total. The first-order chi connectivity index (χ1) is 7.54. The highest BCUT2D eigenvalue weighted by atomic mass is 16.6. The summed E-state index contributed by atoms with van der Waals surface area (Å²) in [5, 5.41) is 13.1. The fraction of sp³-hybridized carbons (Fsp3) is 0.182. The second-order valence-electron chi connectivity index (χ2n) is 3.32. The molecule has 1 aromatic carbocycles. The smallest absolute Gasteiger partial charge is 0.271 e. The Morgan fingerprint density at radius 3 is 2.88 bits per heavy atom. The van der Waals surface area contributed by atoms with Gasteiger partial charge >= 0.3 is 0 Å². The maximum atomic E-state index is 11.5. The van der Waals surface area contributed by atoms with Gasteiger partial charge in [-0.15, -0.1) is 6.58 Å². The molecule has 0 saturated carbocycles. The van der Waals surface area contributed by atoms with Crippen LogP contribution in [0.5, 0.6) is 0 Å². The third kappa shape index (κ3) is 2.91. The van der Waals surface area contributed by atoms with E-state index >= 15 is 0 Å². The van der Waals surface area contributed by atoms with Crippen LogP contribution >= 0.6 is 0 Å². The normalized spacial score (nSPS) is 11.6. The molecule has 16 heavy (non-hydrogen) atoms. The molecule has 1 aromatic rings. The zero-order valence-electron chi connectivity index (χ0n) is 8.84. The number of nitrogens with zero attached hydrogens (tertiary/aromatic N) is 1. The molecule has 0 aliphatic heterocycles. The number of nitrogens with one attached hydrogen (secondary N) is 1. The lowest BCUT2D eigenvalue weighted by Crippen LogP contribution is -2.18. The zero-order chi connectivity index (χ0) is 12.1. The minimum atomic E-state index is -0.507. The van der Waals surface area contributed by atoms with Crippen molar-refractivity contribution in [3.63, 3.8) is 0 Å². The number of hydrogen-bond acceptors (Lipinski definition) is 3. The number of nitro benzene ring substituents is 1. The average Bonchev–Trinajstić information content (AvgIpc) is 2.28. The molecule has 0 aromatic heterocycles. The van der Waals surface area contributed by atoms with Gasteiger partial charge in [0.2, 0.25) is 5.91 Å². The number of hydrogen-bond donors (Lipinski definition) is 1. The maximum absolute atomic E-state index is 11.5. The van der Waals surface area contributed by atoms with Crippen molar-refractivity contribution in [2.45, 2.75) is 6.92 Å². The SMILES string of the molecule is C=C[C@@H](C)C(=O)Nc1cccc([N+](=O)[O-])c1. The molecule has 0 aliphatic rings. The number of carbonyl (C=O) groups excluding carboxylic acids is 1. The fourth-order valence-corrected chi connectivity index (χ4v) is 1.06. The summed E-state index contributed by atoms with van der Waals surface area (Å²) < 4.78 is 0. The number of non-ortho nitro benzene ring substituents is 1. The van der Waals surface area contributed by atoms with Crippen molar-refractivity contribution < 1.29 is 9.72 Å². The van der Waals surface area contributed by atoms with Gasteiger partial charge in [0, 0.05) is 17.8 Å². The molecule has 0 radical (unpaired) electrons. The van der Waals surface area contributed by atoms with E-state index in [-0.39, 0.29) is 17.5 Å². The van der Waals surface area contributed by atoms with Crippen LogP contribution in [0.4, 0.5) is 11.4 Å². The standard InChI is InChI=1S/C11H12N2O3/c1-3-8(2)11(14)12-9-5-4-6-10(7-9)13(15)16/h3-8H,1H2,2H3,(H,12,14)/t8-/m1/s1. The van der Waals surface area contributed by atoms with Crippen molar-refractivity contribution in [3.8, 4) is 0 Å². The van der Waals surface area contributed by atoms with Crippen LogP contribution in [0.3, 0.4) is 0 Å². The minimum absolute atomic E-state index is 0.0518. The van der Waals surface area contributed by atoms with Crippen LogP contribution in [-0.2, 0) is 4.79 Å². The van der Waals surface area contributed by atoms with E-state index in [1.54, 1.807) is 13.0 Å². The van der Waals surface area contributed by atoms with Crippen LogP contribution in [0, 0.1) is 16.0 Å². The molecule has 0 bridgehead atoms. The quantitative estimate of drug-likeness (QED) is 0.481. The maximum Gasteiger partial charge on any atom is 0.271 e. The Labute approximate surface area is 92.9 Å².